The normalized spacial score (nSPS) is 14.5. The van der Waals surface area contributed by atoms with E-state index in [1.54, 1.807) is 0 Å². The molecule has 1 aromatic rings. The van der Waals surface area contributed by atoms with Crippen molar-refractivity contribution < 1.29 is 19.4 Å². The Morgan fingerprint density at radius 3 is 2.89 bits per heavy atom. The Balaban J connectivity index is 1.96. The van der Waals surface area contributed by atoms with Crippen LogP contribution in [0.15, 0.2) is 18.2 Å². The van der Waals surface area contributed by atoms with Gasteiger partial charge in [-0.25, -0.2) is 0 Å². The molecule has 4 heteroatoms. The van der Waals surface area contributed by atoms with Crippen molar-refractivity contribution in [1.29, 1.82) is 0 Å². The van der Waals surface area contributed by atoms with E-state index in [2.05, 4.69) is 6.92 Å². The molecule has 0 fully saturated rings. The number of carboxylic acid groups (broad SMARTS) is 1. The van der Waals surface area contributed by atoms with E-state index in [0.717, 1.165) is 30.8 Å². The number of hydrogen-bond donors (Lipinski definition) is 1. The van der Waals surface area contributed by atoms with Crippen LogP contribution in [0, 0.1) is 5.92 Å². The van der Waals surface area contributed by atoms with Crippen molar-refractivity contribution in [3.63, 3.8) is 0 Å². The number of ether oxygens (including phenoxy) is 2. The molecule has 1 N–H and O–H groups in total. The highest BCUT2D eigenvalue weighted by Crippen LogP contribution is 2.33. The quantitative estimate of drug-likeness (QED) is 0.843. The maximum Gasteiger partial charge on any atom is 0.303 e. The summed E-state index contributed by atoms with van der Waals surface area (Å²) in [6.45, 7) is 2.38. The highest BCUT2D eigenvalue weighted by molar-refractivity contribution is 5.66. The molecule has 0 spiro atoms. The lowest BCUT2D eigenvalue weighted by Gasteiger charge is -2.13. The van der Waals surface area contributed by atoms with E-state index in [1.165, 1.54) is 5.56 Å². The molecule has 1 heterocycles. The Kier molecular flexibility index (Phi) is 4.07. The molecule has 18 heavy (non-hydrogen) atoms. The molecule has 98 valence electrons. The molecule has 0 aromatic heterocycles. The van der Waals surface area contributed by atoms with Crippen molar-refractivity contribution in [2.45, 2.75) is 32.6 Å². The smallest absolute Gasteiger partial charge is 0.303 e. The van der Waals surface area contributed by atoms with Crippen LogP contribution in [0.4, 0.5) is 0 Å². The molecule has 1 unspecified atom stereocenters. The molecular weight excluding hydrogens is 232 g/mol. The van der Waals surface area contributed by atoms with Crippen LogP contribution >= 0.6 is 0 Å². The van der Waals surface area contributed by atoms with Crippen molar-refractivity contribution in [3.8, 4) is 11.5 Å². The maximum atomic E-state index is 10.6. The van der Waals surface area contributed by atoms with Gasteiger partial charge >= 0.3 is 5.97 Å². The minimum Gasteiger partial charge on any atom is -0.481 e. The molecule has 0 saturated heterocycles. The van der Waals surface area contributed by atoms with E-state index >= 15 is 0 Å². The second-order valence-corrected chi connectivity index (χ2v) is 4.60. The van der Waals surface area contributed by atoms with Crippen molar-refractivity contribution in [1.82, 2.24) is 0 Å². The van der Waals surface area contributed by atoms with Crippen LogP contribution in [0.2, 0.25) is 0 Å². The van der Waals surface area contributed by atoms with E-state index in [-0.39, 0.29) is 13.2 Å². The molecule has 1 aromatic carbocycles. The van der Waals surface area contributed by atoms with Gasteiger partial charge in [0.05, 0.1) is 0 Å². The van der Waals surface area contributed by atoms with Crippen LogP contribution in [0.1, 0.15) is 31.7 Å². The molecule has 1 aliphatic heterocycles. The number of carboxylic acids is 1. The first-order valence-electron chi connectivity index (χ1n) is 6.29. The predicted octanol–water partition coefficient (Wildman–Crippen LogP) is 2.85. The highest BCUT2D eigenvalue weighted by Gasteiger charge is 2.15. The molecule has 0 amide bonds. The minimum atomic E-state index is -0.723. The zero-order valence-electron chi connectivity index (χ0n) is 10.5. The molecule has 2 rings (SSSR count). The molecule has 0 aliphatic carbocycles. The third-order valence-electron chi connectivity index (χ3n) is 3.31. The number of hydrogen-bond acceptors (Lipinski definition) is 3. The molecule has 4 nitrogen and oxygen atoms in total. The SMILES string of the molecule is CCC(CCC(=O)O)Cc1ccc2c(c1)OCO2. The average molecular weight is 250 g/mol. The van der Waals surface area contributed by atoms with Crippen LogP contribution in [0.25, 0.3) is 0 Å². The standard InChI is InChI=1S/C14H18O4/c1-2-10(4-6-14(15)16)7-11-3-5-12-13(8-11)18-9-17-12/h3,5,8,10H,2,4,6-7,9H2,1H3,(H,15,16). The molecule has 0 saturated carbocycles. The first-order chi connectivity index (χ1) is 8.69. The third-order valence-corrected chi connectivity index (χ3v) is 3.31. The summed E-state index contributed by atoms with van der Waals surface area (Å²) in [5, 5.41) is 8.71. The monoisotopic (exact) mass is 250 g/mol. The first-order valence-corrected chi connectivity index (χ1v) is 6.29. The van der Waals surface area contributed by atoms with E-state index in [4.69, 9.17) is 14.6 Å². The second-order valence-electron chi connectivity index (χ2n) is 4.60. The Morgan fingerprint density at radius 2 is 2.17 bits per heavy atom. The fourth-order valence-corrected chi connectivity index (χ4v) is 2.18. The zero-order valence-corrected chi connectivity index (χ0v) is 10.5. The van der Waals surface area contributed by atoms with Crippen LogP contribution in [0.3, 0.4) is 0 Å². The zero-order chi connectivity index (χ0) is 13.0. The van der Waals surface area contributed by atoms with E-state index < -0.39 is 5.97 Å². The Labute approximate surface area is 107 Å². The van der Waals surface area contributed by atoms with Gasteiger partial charge in [0, 0.05) is 6.42 Å². The van der Waals surface area contributed by atoms with E-state index in [1.807, 2.05) is 18.2 Å². The Morgan fingerprint density at radius 1 is 1.39 bits per heavy atom. The van der Waals surface area contributed by atoms with Crippen molar-refractivity contribution in [2.75, 3.05) is 6.79 Å². The van der Waals surface area contributed by atoms with Gasteiger partial charge in [0.2, 0.25) is 6.79 Å². The number of fused-ring (bicyclic) bond motifs is 1. The van der Waals surface area contributed by atoms with Crippen molar-refractivity contribution in [3.05, 3.63) is 23.8 Å². The molecule has 0 radical (unpaired) electrons. The maximum absolute atomic E-state index is 10.6. The van der Waals surface area contributed by atoms with Crippen molar-refractivity contribution >= 4 is 5.97 Å². The van der Waals surface area contributed by atoms with Gasteiger partial charge in [-0.2, -0.15) is 0 Å². The van der Waals surface area contributed by atoms with Crippen LogP contribution in [-0.2, 0) is 11.2 Å². The van der Waals surface area contributed by atoms with Gasteiger partial charge in [0.1, 0.15) is 0 Å². The lowest BCUT2D eigenvalue weighted by atomic mass is 9.92. The summed E-state index contributed by atoms with van der Waals surface area (Å²) in [4.78, 5) is 10.6. The Hall–Kier alpha value is -1.71. The van der Waals surface area contributed by atoms with Crippen LogP contribution in [0.5, 0.6) is 11.5 Å². The topological polar surface area (TPSA) is 55.8 Å². The van der Waals surface area contributed by atoms with Gasteiger partial charge in [-0.1, -0.05) is 19.4 Å². The van der Waals surface area contributed by atoms with Gasteiger partial charge in [-0.05, 0) is 36.5 Å². The number of benzene rings is 1. The number of rotatable bonds is 6. The minimum absolute atomic E-state index is 0.239. The summed E-state index contributed by atoms with van der Waals surface area (Å²) in [7, 11) is 0. The van der Waals surface area contributed by atoms with E-state index in [0.29, 0.717) is 5.92 Å². The highest BCUT2D eigenvalue weighted by atomic mass is 16.7. The second kappa shape index (κ2) is 5.76. The van der Waals surface area contributed by atoms with Crippen LogP contribution < -0.4 is 9.47 Å². The summed E-state index contributed by atoms with van der Waals surface area (Å²) in [5.41, 5.74) is 1.18. The van der Waals surface area contributed by atoms with Crippen LogP contribution in [-0.4, -0.2) is 17.9 Å². The van der Waals surface area contributed by atoms with E-state index in [9.17, 15) is 4.79 Å². The summed E-state index contributed by atoms with van der Waals surface area (Å²) in [6.07, 6.45) is 2.84. The largest absolute Gasteiger partial charge is 0.481 e. The fraction of sp³-hybridized carbons (Fsp3) is 0.500. The summed E-state index contributed by atoms with van der Waals surface area (Å²) in [6, 6.07) is 5.93. The number of carbonyl (C=O) groups is 1. The molecule has 0 bridgehead atoms. The lowest BCUT2D eigenvalue weighted by Crippen LogP contribution is -2.06. The third kappa shape index (κ3) is 3.15. The lowest BCUT2D eigenvalue weighted by molar-refractivity contribution is -0.137. The Bertz CT molecular complexity index is 428. The molecule has 1 aliphatic rings. The summed E-state index contributed by atoms with van der Waals surface area (Å²) < 4.78 is 10.6. The van der Waals surface area contributed by atoms with Crippen molar-refractivity contribution in [2.24, 2.45) is 5.92 Å². The van der Waals surface area contributed by atoms with Gasteiger partial charge in [0.15, 0.2) is 11.5 Å². The van der Waals surface area contributed by atoms with Gasteiger partial charge in [0.25, 0.3) is 0 Å². The summed E-state index contributed by atoms with van der Waals surface area (Å²) in [5.74, 6) is 1.26. The first kappa shape index (κ1) is 12.7. The van der Waals surface area contributed by atoms with Gasteiger partial charge in [-0.15, -0.1) is 0 Å². The predicted molar refractivity (Wildman–Crippen MR) is 66.9 cm³/mol. The fourth-order valence-electron chi connectivity index (χ4n) is 2.18. The average Bonchev–Trinajstić information content (AvgIpc) is 2.81. The number of aliphatic carboxylic acids is 1. The molecule has 1 atom stereocenters. The summed E-state index contributed by atoms with van der Waals surface area (Å²) >= 11 is 0. The van der Waals surface area contributed by atoms with Gasteiger partial charge < -0.3 is 14.6 Å². The van der Waals surface area contributed by atoms with Gasteiger partial charge in [-0.3, -0.25) is 4.79 Å². The molecular formula is C14H18O4.